The van der Waals surface area contributed by atoms with Gasteiger partial charge in [-0.05, 0) is 56.5 Å². The molecule has 1 N–H and O–H groups in total. The molecule has 0 amide bonds. The molecule has 0 aliphatic carbocycles. The van der Waals surface area contributed by atoms with Crippen molar-refractivity contribution >= 4 is 5.69 Å². The third-order valence-corrected chi connectivity index (χ3v) is 3.54. The summed E-state index contributed by atoms with van der Waals surface area (Å²) in [6.07, 6.45) is 2.45. The Morgan fingerprint density at radius 1 is 1.24 bits per heavy atom. The van der Waals surface area contributed by atoms with Crippen LogP contribution in [0.1, 0.15) is 30.9 Å². The highest BCUT2D eigenvalue weighted by molar-refractivity contribution is 5.51. The number of nitrogens with zero attached hydrogens (tertiary/aromatic N) is 1. The summed E-state index contributed by atoms with van der Waals surface area (Å²) in [4.78, 5) is 2.54. The first-order chi connectivity index (χ1) is 8.19. The Balaban J connectivity index is 2.18. The van der Waals surface area contributed by atoms with Gasteiger partial charge in [0.25, 0.3) is 0 Å². The zero-order valence-corrected chi connectivity index (χ0v) is 11.3. The summed E-state index contributed by atoms with van der Waals surface area (Å²) in [5.41, 5.74) is 4.13. The Kier molecular flexibility index (Phi) is 4.06. The molecular weight excluding hydrogens is 208 g/mol. The van der Waals surface area contributed by atoms with E-state index in [2.05, 4.69) is 49.2 Å². The number of aryl methyl sites for hydroxylation is 2. The van der Waals surface area contributed by atoms with Crippen LogP contribution in [0.4, 0.5) is 5.69 Å². The molecule has 2 heteroatoms. The number of benzene rings is 1. The quantitative estimate of drug-likeness (QED) is 0.843. The lowest BCUT2D eigenvalue weighted by Gasteiger charge is -2.26. The molecule has 1 aliphatic rings. The minimum absolute atomic E-state index is 0.637. The first kappa shape index (κ1) is 12.4. The van der Waals surface area contributed by atoms with Gasteiger partial charge in [-0.3, -0.25) is 0 Å². The lowest BCUT2D eigenvalue weighted by Crippen LogP contribution is -2.37. The van der Waals surface area contributed by atoms with Gasteiger partial charge >= 0.3 is 0 Å². The second-order valence-electron chi connectivity index (χ2n) is 5.20. The van der Waals surface area contributed by atoms with E-state index in [1.165, 1.54) is 36.2 Å². The molecule has 1 saturated heterocycles. The third kappa shape index (κ3) is 3.22. The molecule has 0 radical (unpaired) electrons. The lowest BCUT2D eigenvalue weighted by molar-refractivity contribution is 0.528. The van der Waals surface area contributed by atoms with Crippen LogP contribution in [0.15, 0.2) is 18.2 Å². The van der Waals surface area contributed by atoms with Crippen LogP contribution >= 0.6 is 0 Å². The van der Waals surface area contributed by atoms with E-state index < -0.39 is 0 Å². The smallest absolute Gasteiger partial charge is 0.0372 e. The standard InChI is InChI=1S/C15H24N2/c1-4-14-11-17(7-5-6-16-14)15-9-12(2)8-13(3)10-15/h8-10,14,16H,4-7,11H2,1-3H3. The molecule has 94 valence electrons. The minimum Gasteiger partial charge on any atom is -0.370 e. The van der Waals surface area contributed by atoms with E-state index >= 15 is 0 Å². The van der Waals surface area contributed by atoms with Gasteiger partial charge in [-0.15, -0.1) is 0 Å². The van der Waals surface area contributed by atoms with Gasteiger partial charge in [0.05, 0.1) is 0 Å². The molecule has 0 saturated carbocycles. The van der Waals surface area contributed by atoms with Gasteiger partial charge in [-0.25, -0.2) is 0 Å². The van der Waals surface area contributed by atoms with Crippen molar-refractivity contribution in [3.8, 4) is 0 Å². The average molecular weight is 232 g/mol. The van der Waals surface area contributed by atoms with Crippen molar-refractivity contribution in [2.75, 3.05) is 24.5 Å². The summed E-state index contributed by atoms with van der Waals surface area (Å²) in [6, 6.07) is 7.51. The fraction of sp³-hybridized carbons (Fsp3) is 0.600. The maximum absolute atomic E-state index is 3.62. The van der Waals surface area contributed by atoms with Gasteiger partial charge in [0, 0.05) is 24.8 Å². The maximum Gasteiger partial charge on any atom is 0.0372 e. The van der Waals surface area contributed by atoms with Gasteiger partial charge in [-0.1, -0.05) is 13.0 Å². The van der Waals surface area contributed by atoms with Crippen LogP contribution < -0.4 is 10.2 Å². The van der Waals surface area contributed by atoms with E-state index in [-0.39, 0.29) is 0 Å². The number of nitrogens with one attached hydrogen (secondary N) is 1. The van der Waals surface area contributed by atoms with Gasteiger partial charge in [0.1, 0.15) is 0 Å². The number of rotatable bonds is 2. The Bertz CT molecular complexity index is 353. The molecule has 2 rings (SSSR count). The zero-order valence-electron chi connectivity index (χ0n) is 11.3. The van der Waals surface area contributed by atoms with Crippen LogP contribution in [0.2, 0.25) is 0 Å². The van der Waals surface area contributed by atoms with Gasteiger partial charge < -0.3 is 10.2 Å². The van der Waals surface area contributed by atoms with Gasteiger partial charge in [0.15, 0.2) is 0 Å². The van der Waals surface area contributed by atoms with Crippen molar-refractivity contribution in [3.63, 3.8) is 0 Å². The van der Waals surface area contributed by atoms with E-state index in [1.807, 2.05) is 0 Å². The Morgan fingerprint density at radius 3 is 2.59 bits per heavy atom. The van der Waals surface area contributed by atoms with Crippen LogP contribution in [0.25, 0.3) is 0 Å². The predicted octanol–water partition coefficient (Wildman–Crippen LogP) is 2.88. The molecule has 0 spiro atoms. The molecule has 1 unspecified atom stereocenters. The van der Waals surface area contributed by atoms with E-state index in [4.69, 9.17) is 0 Å². The molecule has 1 atom stereocenters. The molecular formula is C15H24N2. The maximum atomic E-state index is 3.62. The largest absolute Gasteiger partial charge is 0.370 e. The fourth-order valence-corrected chi connectivity index (χ4v) is 2.64. The topological polar surface area (TPSA) is 15.3 Å². The SMILES string of the molecule is CCC1CN(c2cc(C)cc(C)c2)CCCN1. The van der Waals surface area contributed by atoms with Crippen LogP contribution in [0.3, 0.4) is 0 Å². The molecule has 1 heterocycles. The minimum atomic E-state index is 0.637. The van der Waals surface area contributed by atoms with E-state index in [0.717, 1.165) is 13.1 Å². The summed E-state index contributed by atoms with van der Waals surface area (Å²) in [7, 11) is 0. The highest BCUT2D eigenvalue weighted by atomic mass is 15.2. The molecule has 1 aromatic rings. The van der Waals surface area contributed by atoms with Crippen LogP contribution in [0, 0.1) is 13.8 Å². The Labute approximate surface area is 105 Å². The summed E-state index contributed by atoms with van der Waals surface area (Å²) < 4.78 is 0. The fourth-order valence-electron chi connectivity index (χ4n) is 2.64. The van der Waals surface area contributed by atoms with Crippen LogP contribution in [0.5, 0.6) is 0 Å². The van der Waals surface area contributed by atoms with E-state index in [1.54, 1.807) is 0 Å². The van der Waals surface area contributed by atoms with Crippen molar-refractivity contribution in [1.82, 2.24) is 5.32 Å². The highest BCUT2D eigenvalue weighted by Crippen LogP contribution is 2.20. The number of hydrogen-bond donors (Lipinski definition) is 1. The van der Waals surface area contributed by atoms with E-state index in [0.29, 0.717) is 6.04 Å². The highest BCUT2D eigenvalue weighted by Gasteiger charge is 2.16. The summed E-state index contributed by atoms with van der Waals surface area (Å²) in [5.74, 6) is 0. The van der Waals surface area contributed by atoms with Crippen molar-refractivity contribution in [2.45, 2.75) is 39.7 Å². The lowest BCUT2D eigenvalue weighted by atomic mass is 10.1. The summed E-state index contributed by atoms with van der Waals surface area (Å²) >= 11 is 0. The third-order valence-electron chi connectivity index (χ3n) is 3.54. The zero-order chi connectivity index (χ0) is 12.3. The van der Waals surface area contributed by atoms with E-state index in [9.17, 15) is 0 Å². The normalized spacial score (nSPS) is 21.4. The average Bonchev–Trinajstić information content (AvgIpc) is 2.52. The first-order valence-corrected chi connectivity index (χ1v) is 6.75. The van der Waals surface area contributed by atoms with Crippen LogP contribution in [-0.2, 0) is 0 Å². The van der Waals surface area contributed by atoms with Crippen molar-refractivity contribution in [3.05, 3.63) is 29.3 Å². The van der Waals surface area contributed by atoms with Gasteiger partial charge in [0.2, 0.25) is 0 Å². The van der Waals surface area contributed by atoms with Crippen LogP contribution in [-0.4, -0.2) is 25.7 Å². The summed E-state index contributed by atoms with van der Waals surface area (Å²) in [6.45, 7) is 10.1. The molecule has 1 fully saturated rings. The molecule has 1 aliphatic heterocycles. The summed E-state index contributed by atoms with van der Waals surface area (Å²) in [5, 5.41) is 3.62. The van der Waals surface area contributed by atoms with Crippen molar-refractivity contribution < 1.29 is 0 Å². The van der Waals surface area contributed by atoms with Crippen molar-refractivity contribution in [2.24, 2.45) is 0 Å². The number of anilines is 1. The second-order valence-corrected chi connectivity index (χ2v) is 5.20. The molecule has 17 heavy (non-hydrogen) atoms. The molecule has 0 bridgehead atoms. The second kappa shape index (κ2) is 5.54. The Morgan fingerprint density at radius 2 is 1.94 bits per heavy atom. The first-order valence-electron chi connectivity index (χ1n) is 6.75. The molecule has 0 aromatic heterocycles. The Hall–Kier alpha value is -1.02. The van der Waals surface area contributed by atoms with Gasteiger partial charge in [-0.2, -0.15) is 0 Å². The van der Waals surface area contributed by atoms with Crippen molar-refractivity contribution in [1.29, 1.82) is 0 Å². The predicted molar refractivity (Wildman–Crippen MR) is 74.8 cm³/mol. The number of hydrogen-bond acceptors (Lipinski definition) is 2. The monoisotopic (exact) mass is 232 g/mol. The molecule has 2 nitrogen and oxygen atoms in total. The molecule has 1 aromatic carbocycles.